The standard InChI is InChI=1S/C22H24N2O8.C2H5NO2.H2O/c1-7-8-5-4-6-9(25)11(8)16(26)12-10(7)17(27)14-15(24(2)3)18(28)13(21(23)31)20(30)22(14,32)19(12)29;3-1-2(4)5;/h4-7,10,14-15,17,25,27-29,32H,1-3H3,(H2,23,31);1,3H2,(H,4,5);1H2/t7-,10+,14+,15-,17-,22-;;/m0../s1. The maximum Gasteiger partial charge on any atom is 0.317 e. The van der Waals surface area contributed by atoms with Gasteiger partial charge in [0.05, 0.1) is 30.2 Å². The monoisotopic (exact) mass is 537 g/mol. The van der Waals surface area contributed by atoms with Gasteiger partial charge in [0.2, 0.25) is 5.78 Å². The number of carbonyl (C=O) groups is 4. The van der Waals surface area contributed by atoms with Gasteiger partial charge < -0.3 is 47.6 Å². The molecule has 0 saturated carbocycles. The van der Waals surface area contributed by atoms with Gasteiger partial charge in [-0.05, 0) is 31.6 Å². The van der Waals surface area contributed by atoms with Crippen LogP contribution >= 0.6 is 0 Å². The maximum atomic E-state index is 13.3. The number of ketones is 2. The Bertz CT molecular complexity index is 1250. The number of primary amides is 1. The van der Waals surface area contributed by atoms with Crippen LogP contribution in [0.15, 0.2) is 40.9 Å². The fourth-order valence-corrected chi connectivity index (χ4v) is 5.58. The van der Waals surface area contributed by atoms with Crippen LogP contribution in [0, 0.1) is 11.8 Å². The lowest BCUT2D eigenvalue weighted by Crippen LogP contribution is -2.68. The van der Waals surface area contributed by atoms with E-state index in [1.54, 1.807) is 19.1 Å². The third kappa shape index (κ3) is 4.21. The van der Waals surface area contributed by atoms with Crippen LogP contribution in [0.1, 0.15) is 28.8 Å². The minimum Gasteiger partial charge on any atom is -0.510 e. The fraction of sp³-hybridized carbons (Fsp3) is 0.417. The number of nitrogens with two attached hydrogens (primary N) is 2. The predicted octanol–water partition coefficient (Wildman–Crippen LogP) is -2.14. The Morgan fingerprint density at radius 2 is 1.68 bits per heavy atom. The predicted molar refractivity (Wildman–Crippen MR) is 130 cm³/mol. The first-order chi connectivity index (χ1) is 17.1. The number of rotatable bonds is 3. The second-order valence-electron chi connectivity index (χ2n) is 9.39. The Kier molecular flexibility index (Phi) is 8.41. The van der Waals surface area contributed by atoms with Gasteiger partial charge in [-0.1, -0.05) is 19.1 Å². The highest BCUT2D eigenvalue weighted by Crippen LogP contribution is 2.55. The lowest BCUT2D eigenvalue weighted by Gasteiger charge is -2.53. The summed E-state index contributed by atoms with van der Waals surface area (Å²) in [7, 11) is 2.98. The number of phenols is 1. The molecule has 1 amide bonds. The number of aliphatic hydroxyl groups excluding tert-OH is 3. The van der Waals surface area contributed by atoms with Crippen LogP contribution < -0.4 is 11.5 Å². The average molecular weight is 538 g/mol. The highest BCUT2D eigenvalue weighted by molar-refractivity contribution is 6.25. The van der Waals surface area contributed by atoms with E-state index in [1.165, 1.54) is 25.1 Å². The lowest BCUT2D eigenvalue weighted by molar-refractivity contribution is -0.162. The van der Waals surface area contributed by atoms with Crippen molar-refractivity contribution in [2.24, 2.45) is 23.3 Å². The van der Waals surface area contributed by atoms with Gasteiger partial charge >= 0.3 is 5.97 Å². The van der Waals surface area contributed by atoms with E-state index >= 15 is 0 Å². The van der Waals surface area contributed by atoms with Gasteiger partial charge in [0.25, 0.3) is 5.91 Å². The molecule has 0 fully saturated rings. The van der Waals surface area contributed by atoms with E-state index in [0.29, 0.717) is 5.56 Å². The summed E-state index contributed by atoms with van der Waals surface area (Å²) in [6.45, 7) is 1.40. The molecule has 0 bridgehead atoms. The topological polar surface area (TPSA) is 276 Å². The van der Waals surface area contributed by atoms with E-state index in [9.17, 15) is 44.7 Å². The quantitative estimate of drug-likeness (QED) is 0.192. The molecule has 0 spiro atoms. The lowest BCUT2D eigenvalue weighted by atomic mass is 9.55. The SMILES string of the molecule is C[C@H]1c2cccc(O)c2C(=O)C2=C(O)[C@]3(O)C(=O)C(C(N)=O)=C(O)[C@@H](N(C)C)[C@@H]3[C@@H](O)[C@@H]21.NCC(=O)O.O. The van der Waals surface area contributed by atoms with Crippen molar-refractivity contribution in [2.75, 3.05) is 20.6 Å². The first-order valence-electron chi connectivity index (χ1n) is 11.2. The molecule has 0 unspecified atom stereocenters. The van der Waals surface area contributed by atoms with Gasteiger partial charge in [0.1, 0.15) is 22.8 Å². The highest BCUT2D eigenvalue weighted by atomic mass is 16.4. The Hall–Kier alpha value is -3.82. The number of likely N-dealkylation sites (N-methyl/N-ethyl adjacent to an activating group) is 1. The number of phenolic OH excluding ortho intramolecular Hbond substituents is 1. The zero-order chi connectivity index (χ0) is 28.1. The number of fused-ring (bicyclic) bond motifs is 3. The van der Waals surface area contributed by atoms with Crippen molar-refractivity contribution in [3.8, 4) is 5.75 Å². The summed E-state index contributed by atoms with van der Waals surface area (Å²) < 4.78 is 0. The van der Waals surface area contributed by atoms with Crippen molar-refractivity contribution in [2.45, 2.75) is 30.6 Å². The number of hydrogen-bond donors (Lipinski definition) is 8. The Balaban J connectivity index is 0.000000774. The number of amides is 1. The van der Waals surface area contributed by atoms with E-state index in [-0.39, 0.29) is 23.3 Å². The number of aromatic hydroxyl groups is 1. The van der Waals surface area contributed by atoms with E-state index in [4.69, 9.17) is 10.8 Å². The zero-order valence-electron chi connectivity index (χ0n) is 20.7. The van der Waals surface area contributed by atoms with Crippen molar-refractivity contribution >= 4 is 23.4 Å². The van der Waals surface area contributed by atoms with Crippen molar-refractivity contribution in [3.05, 3.63) is 52.0 Å². The number of aliphatic hydroxyl groups is 4. The van der Waals surface area contributed by atoms with Crippen LogP contribution in [0.4, 0.5) is 0 Å². The van der Waals surface area contributed by atoms with Gasteiger partial charge in [-0.15, -0.1) is 0 Å². The fourth-order valence-electron chi connectivity index (χ4n) is 5.58. The van der Waals surface area contributed by atoms with E-state index in [0.717, 1.165) is 0 Å². The molecule has 14 heteroatoms. The number of carboxylic acids is 1. The molecule has 1 aromatic carbocycles. The summed E-state index contributed by atoms with van der Waals surface area (Å²) in [5, 5.41) is 62.6. The summed E-state index contributed by atoms with van der Waals surface area (Å²) in [6.07, 6.45) is -1.59. The average Bonchev–Trinajstić information content (AvgIpc) is 2.81. The van der Waals surface area contributed by atoms with E-state index < -0.39 is 81.6 Å². The minimum atomic E-state index is -2.89. The summed E-state index contributed by atoms with van der Waals surface area (Å²) in [5.41, 5.74) is 5.93. The number of carbonyl (C=O) groups excluding carboxylic acids is 3. The zero-order valence-corrected chi connectivity index (χ0v) is 20.7. The van der Waals surface area contributed by atoms with Gasteiger partial charge in [0, 0.05) is 11.5 Å². The Morgan fingerprint density at radius 3 is 2.16 bits per heavy atom. The van der Waals surface area contributed by atoms with Gasteiger partial charge in [-0.2, -0.15) is 0 Å². The van der Waals surface area contributed by atoms with Gasteiger partial charge in [0.15, 0.2) is 11.4 Å². The summed E-state index contributed by atoms with van der Waals surface area (Å²) in [4.78, 5) is 49.1. The van der Waals surface area contributed by atoms with Crippen molar-refractivity contribution in [3.63, 3.8) is 0 Å². The molecule has 12 N–H and O–H groups in total. The number of hydrogen-bond acceptors (Lipinski definition) is 11. The molecule has 6 atom stereocenters. The highest BCUT2D eigenvalue weighted by Gasteiger charge is 2.67. The van der Waals surface area contributed by atoms with Crippen molar-refractivity contribution in [1.29, 1.82) is 0 Å². The number of benzene rings is 1. The maximum absolute atomic E-state index is 13.3. The molecule has 38 heavy (non-hydrogen) atoms. The molecule has 0 aromatic heterocycles. The molecule has 1 aromatic rings. The molecular formula is C24H31N3O11. The van der Waals surface area contributed by atoms with Crippen LogP contribution in [-0.4, -0.2) is 103 Å². The molecule has 208 valence electrons. The van der Waals surface area contributed by atoms with E-state index in [2.05, 4.69) is 5.73 Å². The molecule has 4 rings (SSSR count). The van der Waals surface area contributed by atoms with Crippen LogP contribution in [0.2, 0.25) is 0 Å². The molecule has 0 saturated heterocycles. The molecule has 0 aliphatic heterocycles. The summed E-state index contributed by atoms with van der Waals surface area (Å²) in [6, 6.07) is 3.17. The molecule has 3 aliphatic carbocycles. The third-order valence-electron chi connectivity index (χ3n) is 7.17. The Morgan fingerprint density at radius 1 is 1.13 bits per heavy atom. The molecule has 0 radical (unpaired) electrons. The first-order valence-corrected chi connectivity index (χ1v) is 11.2. The minimum absolute atomic E-state index is 0. The number of Topliss-reactive ketones (excluding diaryl/α,β-unsaturated/α-hetero) is 2. The second kappa shape index (κ2) is 10.5. The van der Waals surface area contributed by atoms with Gasteiger partial charge in [-0.3, -0.25) is 24.1 Å². The molecule has 14 nitrogen and oxygen atoms in total. The first kappa shape index (κ1) is 30.4. The van der Waals surface area contributed by atoms with Crippen molar-refractivity contribution in [1.82, 2.24) is 4.90 Å². The third-order valence-corrected chi connectivity index (χ3v) is 7.17. The largest absolute Gasteiger partial charge is 0.510 e. The molecular weight excluding hydrogens is 506 g/mol. The van der Waals surface area contributed by atoms with Crippen molar-refractivity contribution < 1.29 is 55.3 Å². The van der Waals surface area contributed by atoms with E-state index in [1.807, 2.05) is 0 Å². The Labute approximate surface area is 216 Å². The van der Waals surface area contributed by atoms with Crippen LogP contribution in [0.25, 0.3) is 0 Å². The van der Waals surface area contributed by atoms with Gasteiger partial charge in [-0.25, -0.2) is 0 Å². The normalized spacial score (nSPS) is 29.9. The molecule has 3 aliphatic rings. The summed E-state index contributed by atoms with van der Waals surface area (Å²) in [5.74, 6) is -9.83. The smallest absolute Gasteiger partial charge is 0.317 e. The number of nitrogens with zero attached hydrogens (tertiary/aromatic N) is 1. The van der Waals surface area contributed by atoms with Crippen LogP contribution in [0.5, 0.6) is 5.75 Å². The van der Waals surface area contributed by atoms with Crippen LogP contribution in [0.3, 0.4) is 0 Å². The number of aliphatic carboxylic acids is 1. The molecule has 0 heterocycles. The second-order valence-corrected chi connectivity index (χ2v) is 9.39. The summed E-state index contributed by atoms with van der Waals surface area (Å²) >= 11 is 0. The van der Waals surface area contributed by atoms with Crippen LogP contribution in [-0.2, 0) is 14.4 Å². The number of carboxylic acid groups (broad SMARTS) is 1.